The smallest absolute Gasteiger partial charge is 0.191 e. The van der Waals surface area contributed by atoms with Gasteiger partial charge in [-0.3, -0.25) is 0 Å². The fourth-order valence-electron chi connectivity index (χ4n) is 2.86. The molecular formula is C21H32N4O3. The first-order valence-corrected chi connectivity index (χ1v) is 9.46. The molecule has 0 saturated carbocycles. The van der Waals surface area contributed by atoms with E-state index in [0.29, 0.717) is 18.3 Å². The van der Waals surface area contributed by atoms with E-state index in [9.17, 15) is 5.11 Å². The Morgan fingerprint density at radius 2 is 1.96 bits per heavy atom. The minimum atomic E-state index is -1.16. The molecule has 0 fully saturated rings. The number of guanidine groups is 1. The van der Waals surface area contributed by atoms with Crippen molar-refractivity contribution in [1.82, 2.24) is 15.5 Å². The number of methoxy groups -OCH3 is 1. The van der Waals surface area contributed by atoms with Crippen LogP contribution in [-0.4, -0.2) is 56.8 Å². The van der Waals surface area contributed by atoms with Gasteiger partial charge in [-0.15, -0.1) is 0 Å². The molecule has 0 amide bonds. The lowest BCUT2D eigenvalue weighted by Crippen LogP contribution is -2.42. The molecule has 0 aliphatic carbocycles. The van der Waals surface area contributed by atoms with Crippen LogP contribution in [-0.2, 0) is 5.60 Å². The number of nitrogens with zero attached hydrogens (tertiary/aromatic N) is 2. The van der Waals surface area contributed by atoms with Gasteiger partial charge in [0.2, 0.25) is 0 Å². The Hall–Kier alpha value is -2.51. The number of aliphatic imine (C=N–C) groups is 1. The molecule has 3 N–H and O–H groups in total. The normalized spacial score (nSPS) is 15.2. The van der Waals surface area contributed by atoms with Gasteiger partial charge >= 0.3 is 0 Å². The number of nitrogens with one attached hydrogen (secondary N) is 2. The van der Waals surface area contributed by atoms with Crippen LogP contribution in [0.4, 0.5) is 0 Å². The lowest BCUT2D eigenvalue weighted by molar-refractivity contribution is 0.0437. The van der Waals surface area contributed by atoms with Crippen molar-refractivity contribution in [3.63, 3.8) is 0 Å². The summed E-state index contributed by atoms with van der Waals surface area (Å²) in [5, 5.41) is 17.2. The van der Waals surface area contributed by atoms with Crippen LogP contribution in [0.1, 0.15) is 31.2 Å². The van der Waals surface area contributed by atoms with Gasteiger partial charge in [-0.2, -0.15) is 0 Å². The molecule has 2 atom stereocenters. The average Bonchev–Trinajstić information content (AvgIpc) is 3.22. The summed E-state index contributed by atoms with van der Waals surface area (Å²) in [7, 11) is 5.75. The van der Waals surface area contributed by atoms with Crippen LogP contribution in [0, 0.1) is 0 Å². The van der Waals surface area contributed by atoms with Crippen molar-refractivity contribution in [2.75, 3.05) is 40.8 Å². The summed E-state index contributed by atoms with van der Waals surface area (Å²) in [6.07, 6.45) is 1.55. The number of furan rings is 1. The molecule has 0 aliphatic rings. The lowest BCUT2D eigenvalue weighted by atomic mass is 10.0. The maximum atomic E-state index is 10.6. The summed E-state index contributed by atoms with van der Waals surface area (Å²) in [5.74, 6) is 1.98. The predicted molar refractivity (Wildman–Crippen MR) is 112 cm³/mol. The second-order valence-electron chi connectivity index (χ2n) is 7.08. The number of rotatable bonds is 9. The molecule has 0 saturated heterocycles. The van der Waals surface area contributed by atoms with Crippen molar-refractivity contribution in [3.8, 4) is 5.75 Å². The SMILES string of the molecule is CCNC(=NCC(C)(O)c1ccco1)NCC(c1ccc(OC)cc1)N(C)C. The van der Waals surface area contributed by atoms with Gasteiger partial charge in [0.25, 0.3) is 0 Å². The van der Waals surface area contributed by atoms with E-state index in [2.05, 4.69) is 32.7 Å². The van der Waals surface area contributed by atoms with Crippen molar-refractivity contribution in [2.24, 2.45) is 4.99 Å². The molecule has 2 rings (SSSR count). The first kappa shape index (κ1) is 21.8. The highest BCUT2D eigenvalue weighted by atomic mass is 16.5. The third kappa shape index (κ3) is 6.00. The fourth-order valence-corrected chi connectivity index (χ4v) is 2.86. The average molecular weight is 389 g/mol. The van der Waals surface area contributed by atoms with Crippen LogP contribution in [0.15, 0.2) is 52.1 Å². The minimum Gasteiger partial charge on any atom is -0.497 e. The molecule has 7 heteroatoms. The number of hydrogen-bond acceptors (Lipinski definition) is 5. The molecule has 28 heavy (non-hydrogen) atoms. The summed E-state index contributed by atoms with van der Waals surface area (Å²) >= 11 is 0. The second kappa shape index (κ2) is 10.1. The molecule has 1 aromatic heterocycles. The van der Waals surface area contributed by atoms with Crippen molar-refractivity contribution >= 4 is 5.96 Å². The molecular weight excluding hydrogens is 356 g/mol. The number of likely N-dealkylation sites (N-methyl/N-ethyl adjacent to an activating group) is 1. The molecule has 0 radical (unpaired) electrons. The van der Waals surface area contributed by atoms with Gasteiger partial charge in [0.15, 0.2) is 5.96 Å². The van der Waals surface area contributed by atoms with Crippen LogP contribution < -0.4 is 15.4 Å². The number of ether oxygens (including phenoxy) is 1. The molecule has 2 aromatic rings. The Morgan fingerprint density at radius 1 is 1.25 bits per heavy atom. The summed E-state index contributed by atoms with van der Waals surface area (Å²) in [6.45, 7) is 5.27. The number of aliphatic hydroxyl groups is 1. The van der Waals surface area contributed by atoms with Gasteiger partial charge in [0.1, 0.15) is 17.1 Å². The highest BCUT2D eigenvalue weighted by Crippen LogP contribution is 2.22. The Kier molecular flexibility index (Phi) is 7.90. The van der Waals surface area contributed by atoms with Gasteiger partial charge in [0.05, 0.1) is 26.0 Å². The summed E-state index contributed by atoms with van der Waals surface area (Å²) in [6, 6.07) is 11.7. The van der Waals surface area contributed by atoms with Gasteiger partial charge in [0, 0.05) is 13.1 Å². The van der Waals surface area contributed by atoms with Gasteiger partial charge in [-0.1, -0.05) is 12.1 Å². The molecule has 1 heterocycles. The number of hydrogen-bond donors (Lipinski definition) is 3. The van der Waals surface area contributed by atoms with Crippen molar-refractivity contribution in [2.45, 2.75) is 25.5 Å². The molecule has 0 bridgehead atoms. The third-order valence-electron chi connectivity index (χ3n) is 4.53. The van der Waals surface area contributed by atoms with E-state index in [0.717, 1.165) is 12.3 Å². The van der Waals surface area contributed by atoms with Crippen LogP contribution in [0.2, 0.25) is 0 Å². The third-order valence-corrected chi connectivity index (χ3v) is 4.53. The van der Waals surface area contributed by atoms with E-state index in [-0.39, 0.29) is 12.6 Å². The summed E-state index contributed by atoms with van der Waals surface area (Å²) in [4.78, 5) is 6.69. The summed E-state index contributed by atoms with van der Waals surface area (Å²) < 4.78 is 10.6. The first-order chi connectivity index (χ1) is 13.4. The monoisotopic (exact) mass is 388 g/mol. The number of benzene rings is 1. The van der Waals surface area contributed by atoms with Gasteiger partial charge in [-0.25, -0.2) is 4.99 Å². The van der Waals surface area contributed by atoms with Crippen molar-refractivity contribution in [3.05, 3.63) is 54.0 Å². The zero-order valence-corrected chi connectivity index (χ0v) is 17.4. The zero-order valence-electron chi connectivity index (χ0n) is 17.4. The first-order valence-electron chi connectivity index (χ1n) is 9.46. The van der Waals surface area contributed by atoms with Gasteiger partial charge in [-0.05, 0) is 57.8 Å². The lowest BCUT2D eigenvalue weighted by Gasteiger charge is -2.26. The molecule has 0 aliphatic heterocycles. The Bertz CT molecular complexity index is 725. The highest BCUT2D eigenvalue weighted by molar-refractivity contribution is 5.79. The van der Waals surface area contributed by atoms with E-state index in [1.807, 2.05) is 33.2 Å². The van der Waals surface area contributed by atoms with E-state index in [4.69, 9.17) is 9.15 Å². The molecule has 1 aromatic carbocycles. The maximum absolute atomic E-state index is 10.6. The van der Waals surface area contributed by atoms with E-state index < -0.39 is 5.60 Å². The van der Waals surface area contributed by atoms with Crippen LogP contribution in [0.5, 0.6) is 5.75 Å². The molecule has 154 valence electrons. The molecule has 2 unspecified atom stereocenters. The maximum Gasteiger partial charge on any atom is 0.191 e. The predicted octanol–water partition coefficient (Wildman–Crippen LogP) is 2.35. The van der Waals surface area contributed by atoms with Crippen molar-refractivity contribution < 1.29 is 14.3 Å². The molecule has 7 nitrogen and oxygen atoms in total. The minimum absolute atomic E-state index is 0.153. The van der Waals surface area contributed by atoms with Crippen LogP contribution in [0.3, 0.4) is 0 Å². The zero-order chi connectivity index (χ0) is 20.6. The van der Waals surface area contributed by atoms with Crippen LogP contribution >= 0.6 is 0 Å². The quantitative estimate of drug-likeness (QED) is 0.452. The molecule has 0 spiro atoms. The second-order valence-corrected chi connectivity index (χ2v) is 7.08. The fraction of sp³-hybridized carbons (Fsp3) is 0.476. The standard InChI is InChI=1S/C21H32N4O3/c1-6-22-20(24-15-21(2,26)19-8-7-13-28-19)23-14-18(25(3)4)16-9-11-17(27-5)12-10-16/h7-13,18,26H,6,14-15H2,1-5H3,(H2,22,23,24). The van der Waals surface area contributed by atoms with E-state index >= 15 is 0 Å². The van der Waals surface area contributed by atoms with E-state index in [1.54, 1.807) is 32.4 Å². The highest BCUT2D eigenvalue weighted by Gasteiger charge is 2.26. The largest absolute Gasteiger partial charge is 0.497 e. The Morgan fingerprint density at radius 3 is 2.50 bits per heavy atom. The van der Waals surface area contributed by atoms with E-state index in [1.165, 1.54) is 5.56 Å². The summed E-state index contributed by atoms with van der Waals surface area (Å²) in [5.41, 5.74) is 0.0136. The van der Waals surface area contributed by atoms with Crippen LogP contribution in [0.25, 0.3) is 0 Å². The Labute approximate surface area is 167 Å². The van der Waals surface area contributed by atoms with Gasteiger partial charge < -0.3 is 29.8 Å². The van der Waals surface area contributed by atoms with Crippen molar-refractivity contribution in [1.29, 1.82) is 0 Å². The topological polar surface area (TPSA) is 82.3 Å². The Balaban J connectivity index is 2.06.